The van der Waals surface area contributed by atoms with Crippen LogP contribution in [0.1, 0.15) is 0 Å². The summed E-state index contributed by atoms with van der Waals surface area (Å²) in [7, 11) is 0. The van der Waals surface area contributed by atoms with Gasteiger partial charge in [0.05, 0.1) is 25.0 Å². The van der Waals surface area contributed by atoms with E-state index in [4.69, 9.17) is 14.7 Å². The van der Waals surface area contributed by atoms with E-state index in [0.717, 1.165) is 5.69 Å². The van der Waals surface area contributed by atoms with Gasteiger partial charge in [-0.25, -0.2) is 0 Å². The summed E-state index contributed by atoms with van der Waals surface area (Å²) < 4.78 is 10.4. The molecule has 6 heteroatoms. The molecule has 98 valence electrons. The molecule has 0 aromatic heterocycles. The van der Waals surface area contributed by atoms with Crippen LogP contribution in [0, 0.1) is 16.7 Å². The second-order valence-corrected chi connectivity index (χ2v) is 4.79. The molecule has 2 aliphatic rings. The third kappa shape index (κ3) is 2.20. The molecule has 0 radical (unpaired) electrons. The molecule has 1 amide bonds. The number of hydrogen-bond donors (Lipinski definition) is 2. The van der Waals surface area contributed by atoms with E-state index < -0.39 is 5.41 Å². The Morgan fingerprint density at radius 1 is 1.47 bits per heavy atom. The lowest BCUT2D eigenvalue weighted by molar-refractivity contribution is -0.118. The number of fused-ring (bicyclic) bond motifs is 1. The predicted molar refractivity (Wildman–Crippen MR) is 67.9 cm³/mol. The highest BCUT2D eigenvalue weighted by Gasteiger charge is 2.38. The first-order valence-corrected chi connectivity index (χ1v) is 6.00. The van der Waals surface area contributed by atoms with Crippen molar-refractivity contribution in [3.05, 3.63) is 18.2 Å². The minimum absolute atomic E-state index is 0.0503. The summed E-state index contributed by atoms with van der Waals surface area (Å²) in [4.78, 5) is 11.2. The highest BCUT2D eigenvalue weighted by atomic mass is 16.5. The van der Waals surface area contributed by atoms with Crippen molar-refractivity contribution in [2.45, 2.75) is 0 Å². The van der Waals surface area contributed by atoms with Crippen LogP contribution >= 0.6 is 0 Å². The van der Waals surface area contributed by atoms with E-state index in [1.54, 1.807) is 12.1 Å². The molecule has 19 heavy (non-hydrogen) atoms. The lowest BCUT2D eigenvalue weighted by Gasteiger charge is -2.35. The van der Waals surface area contributed by atoms with Gasteiger partial charge in [-0.05, 0) is 18.2 Å². The van der Waals surface area contributed by atoms with Crippen molar-refractivity contribution in [3.8, 4) is 11.8 Å². The summed E-state index contributed by atoms with van der Waals surface area (Å²) in [6.07, 6.45) is 0. The summed E-state index contributed by atoms with van der Waals surface area (Å²) >= 11 is 0. The summed E-state index contributed by atoms with van der Waals surface area (Å²) in [5, 5.41) is 15.0. The maximum atomic E-state index is 11.2. The van der Waals surface area contributed by atoms with Gasteiger partial charge in [0.2, 0.25) is 0 Å². The van der Waals surface area contributed by atoms with Gasteiger partial charge >= 0.3 is 0 Å². The number of anilines is 2. The zero-order chi connectivity index (χ0) is 13.3. The van der Waals surface area contributed by atoms with Gasteiger partial charge in [-0.3, -0.25) is 4.79 Å². The fourth-order valence-electron chi connectivity index (χ4n) is 2.02. The second-order valence-electron chi connectivity index (χ2n) is 4.79. The van der Waals surface area contributed by atoms with Crippen molar-refractivity contribution in [1.29, 1.82) is 5.26 Å². The smallest absolute Gasteiger partial charge is 0.262 e. The van der Waals surface area contributed by atoms with Crippen molar-refractivity contribution in [2.75, 3.05) is 37.0 Å². The lowest BCUT2D eigenvalue weighted by Crippen LogP contribution is -2.46. The SMILES string of the molecule is N#CC1(CNc2ccc3c(c2)NC(=O)CO3)COC1. The summed E-state index contributed by atoms with van der Waals surface area (Å²) in [5.74, 6) is 0.498. The zero-order valence-electron chi connectivity index (χ0n) is 10.2. The standard InChI is InChI=1S/C13H13N3O3/c14-5-13(7-18-8-13)6-15-9-1-2-11-10(3-9)16-12(17)4-19-11/h1-3,15H,4,6-8H2,(H,16,17). The highest BCUT2D eigenvalue weighted by Crippen LogP contribution is 2.32. The van der Waals surface area contributed by atoms with E-state index >= 15 is 0 Å². The van der Waals surface area contributed by atoms with E-state index in [-0.39, 0.29) is 12.5 Å². The number of nitrogens with zero attached hydrogens (tertiary/aromatic N) is 1. The number of rotatable bonds is 3. The van der Waals surface area contributed by atoms with Crippen molar-refractivity contribution in [1.82, 2.24) is 0 Å². The molecule has 2 heterocycles. The van der Waals surface area contributed by atoms with Crippen LogP contribution in [0.2, 0.25) is 0 Å². The normalized spacial score (nSPS) is 19.2. The van der Waals surface area contributed by atoms with Crippen molar-refractivity contribution < 1.29 is 14.3 Å². The topological polar surface area (TPSA) is 83.4 Å². The fourth-order valence-corrected chi connectivity index (χ4v) is 2.02. The molecular weight excluding hydrogens is 246 g/mol. The van der Waals surface area contributed by atoms with Crippen LogP contribution < -0.4 is 15.4 Å². The lowest BCUT2D eigenvalue weighted by atomic mass is 9.88. The molecule has 6 nitrogen and oxygen atoms in total. The Balaban J connectivity index is 1.71. The van der Waals surface area contributed by atoms with Gasteiger partial charge in [-0.15, -0.1) is 0 Å². The molecule has 1 aromatic carbocycles. The van der Waals surface area contributed by atoms with E-state index in [0.29, 0.717) is 31.2 Å². The molecule has 3 rings (SSSR count). The molecule has 0 bridgehead atoms. The maximum Gasteiger partial charge on any atom is 0.262 e. The largest absolute Gasteiger partial charge is 0.482 e. The van der Waals surface area contributed by atoms with E-state index in [1.165, 1.54) is 0 Å². The van der Waals surface area contributed by atoms with Gasteiger partial charge in [0.15, 0.2) is 6.61 Å². The Kier molecular flexibility index (Phi) is 2.76. The Morgan fingerprint density at radius 2 is 2.32 bits per heavy atom. The molecule has 2 aliphatic heterocycles. The third-order valence-electron chi connectivity index (χ3n) is 3.24. The second kappa shape index (κ2) is 4.44. The fraction of sp³-hybridized carbons (Fsp3) is 0.385. The Hall–Kier alpha value is -2.26. The van der Waals surface area contributed by atoms with Crippen LogP contribution in [0.5, 0.6) is 5.75 Å². The number of nitriles is 1. The van der Waals surface area contributed by atoms with Gasteiger partial charge in [0, 0.05) is 12.2 Å². The quantitative estimate of drug-likeness (QED) is 0.845. The summed E-state index contributed by atoms with van der Waals surface area (Å²) in [5.41, 5.74) is 1.05. The number of benzene rings is 1. The molecule has 1 fully saturated rings. The average Bonchev–Trinajstić information content (AvgIpc) is 2.37. The molecule has 0 saturated carbocycles. The van der Waals surface area contributed by atoms with Gasteiger partial charge < -0.3 is 20.1 Å². The minimum Gasteiger partial charge on any atom is -0.482 e. The van der Waals surface area contributed by atoms with Crippen molar-refractivity contribution >= 4 is 17.3 Å². The number of amides is 1. The predicted octanol–water partition coefficient (Wildman–Crippen LogP) is 0.970. The van der Waals surface area contributed by atoms with E-state index in [1.807, 2.05) is 6.07 Å². The Morgan fingerprint density at radius 3 is 3.00 bits per heavy atom. The third-order valence-corrected chi connectivity index (χ3v) is 3.24. The average molecular weight is 259 g/mol. The molecule has 2 N–H and O–H groups in total. The number of carbonyl (C=O) groups excluding carboxylic acids is 1. The number of hydrogen-bond acceptors (Lipinski definition) is 5. The van der Waals surface area contributed by atoms with E-state index in [9.17, 15) is 4.79 Å². The van der Waals surface area contributed by atoms with Crippen LogP contribution in [0.3, 0.4) is 0 Å². The Labute approximate surface area is 110 Å². The minimum atomic E-state index is -0.435. The summed E-state index contributed by atoms with van der Waals surface area (Å²) in [6, 6.07) is 7.74. The number of ether oxygens (including phenoxy) is 2. The molecule has 1 aromatic rings. The first-order valence-electron chi connectivity index (χ1n) is 6.00. The first-order chi connectivity index (χ1) is 9.21. The highest BCUT2D eigenvalue weighted by molar-refractivity contribution is 5.96. The maximum absolute atomic E-state index is 11.2. The molecule has 1 saturated heterocycles. The van der Waals surface area contributed by atoms with Crippen LogP contribution in [0.15, 0.2) is 18.2 Å². The zero-order valence-corrected chi connectivity index (χ0v) is 10.2. The first kappa shape index (κ1) is 11.8. The molecule has 0 atom stereocenters. The van der Waals surface area contributed by atoms with Crippen LogP contribution in [-0.4, -0.2) is 32.3 Å². The van der Waals surface area contributed by atoms with Crippen molar-refractivity contribution in [2.24, 2.45) is 5.41 Å². The number of carbonyl (C=O) groups is 1. The van der Waals surface area contributed by atoms with Crippen LogP contribution in [0.4, 0.5) is 11.4 Å². The van der Waals surface area contributed by atoms with E-state index in [2.05, 4.69) is 16.7 Å². The Bertz CT molecular complexity index is 561. The van der Waals surface area contributed by atoms with Gasteiger partial charge in [0.1, 0.15) is 11.2 Å². The monoisotopic (exact) mass is 259 g/mol. The van der Waals surface area contributed by atoms with Crippen molar-refractivity contribution in [3.63, 3.8) is 0 Å². The molecule has 0 unspecified atom stereocenters. The number of nitrogens with one attached hydrogen (secondary N) is 2. The molecule has 0 aliphatic carbocycles. The van der Waals surface area contributed by atoms with Gasteiger partial charge in [-0.2, -0.15) is 5.26 Å². The molecular formula is C13H13N3O3. The van der Waals surface area contributed by atoms with Gasteiger partial charge in [-0.1, -0.05) is 0 Å². The molecule has 0 spiro atoms. The van der Waals surface area contributed by atoms with Gasteiger partial charge in [0.25, 0.3) is 5.91 Å². The van der Waals surface area contributed by atoms with Crippen LogP contribution in [-0.2, 0) is 9.53 Å². The van der Waals surface area contributed by atoms with Crippen LogP contribution in [0.25, 0.3) is 0 Å². The summed E-state index contributed by atoms with van der Waals surface area (Å²) in [6.45, 7) is 1.49.